The number of aryl methyl sites for hydroxylation is 1. The number of amides is 1. The van der Waals surface area contributed by atoms with Crippen molar-refractivity contribution in [2.45, 2.75) is 51.4 Å². The quantitative estimate of drug-likeness (QED) is 0.927. The fourth-order valence-electron chi connectivity index (χ4n) is 4.70. The number of fused-ring (bicyclic) bond motifs is 1. The Bertz CT molecular complexity index is 679. The van der Waals surface area contributed by atoms with Crippen molar-refractivity contribution in [3.63, 3.8) is 0 Å². The SMILES string of the molecule is O=C(O)c1ccc2c(c1)CC[C@@]1(CCCN(CC3CCC3)C1=O)C2. The van der Waals surface area contributed by atoms with Crippen molar-refractivity contribution in [2.75, 3.05) is 13.1 Å². The zero-order chi connectivity index (χ0) is 16.7. The molecule has 4 rings (SSSR count). The summed E-state index contributed by atoms with van der Waals surface area (Å²) in [6.45, 7) is 1.87. The summed E-state index contributed by atoms with van der Waals surface area (Å²) in [4.78, 5) is 26.5. The van der Waals surface area contributed by atoms with Crippen LogP contribution < -0.4 is 0 Å². The lowest BCUT2D eigenvalue weighted by atomic mass is 9.66. The van der Waals surface area contributed by atoms with E-state index in [1.807, 2.05) is 6.07 Å². The lowest BCUT2D eigenvalue weighted by molar-refractivity contribution is -0.148. The van der Waals surface area contributed by atoms with Gasteiger partial charge in [-0.2, -0.15) is 0 Å². The summed E-state index contributed by atoms with van der Waals surface area (Å²) in [6.07, 6.45) is 8.41. The number of hydrogen-bond acceptors (Lipinski definition) is 2. The van der Waals surface area contributed by atoms with Crippen molar-refractivity contribution >= 4 is 11.9 Å². The van der Waals surface area contributed by atoms with Crippen molar-refractivity contribution in [2.24, 2.45) is 11.3 Å². The summed E-state index contributed by atoms with van der Waals surface area (Å²) < 4.78 is 0. The normalized spacial score (nSPS) is 27.0. The van der Waals surface area contributed by atoms with Crippen LogP contribution in [-0.4, -0.2) is 35.0 Å². The zero-order valence-electron chi connectivity index (χ0n) is 14.1. The molecule has 0 unspecified atom stereocenters. The van der Waals surface area contributed by atoms with Gasteiger partial charge in [0.05, 0.1) is 11.0 Å². The average Bonchev–Trinajstić information content (AvgIpc) is 2.54. The van der Waals surface area contributed by atoms with Crippen LogP contribution in [0.25, 0.3) is 0 Å². The van der Waals surface area contributed by atoms with Gasteiger partial charge in [0.25, 0.3) is 0 Å². The summed E-state index contributed by atoms with van der Waals surface area (Å²) in [5.41, 5.74) is 2.40. The number of aromatic carboxylic acids is 1. The molecule has 1 spiro atoms. The second-order valence-corrected chi connectivity index (χ2v) is 7.90. The van der Waals surface area contributed by atoms with E-state index in [9.17, 15) is 9.59 Å². The van der Waals surface area contributed by atoms with Crippen LogP contribution in [0.1, 0.15) is 60.0 Å². The van der Waals surface area contributed by atoms with Gasteiger partial charge >= 0.3 is 5.97 Å². The molecule has 1 saturated carbocycles. The topological polar surface area (TPSA) is 57.6 Å². The van der Waals surface area contributed by atoms with Gasteiger partial charge < -0.3 is 10.0 Å². The third kappa shape index (κ3) is 2.62. The number of hydrogen-bond donors (Lipinski definition) is 1. The Morgan fingerprint density at radius 3 is 2.75 bits per heavy atom. The van der Waals surface area contributed by atoms with Crippen LogP contribution >= 0.6 is 0 Å². The van der Waals surface area contributed by atoms with E-state index < -0.39 is 5.97 Å². The number of carbonyl (C=O) groups is 2. The van der Waals surface area contributed by atoms with E-state index in [1.54, 1.807) is 12.1 Å². The van der Waals surface area contributed by atoms with Crippen molar-refractivity contribution in [3.05, 3.63) is 34.9 Å². The van der Waals surface area contributed by atoms with E-state index >= 15 is 0 Å². The highest BCUT2D eigenvalue weighted by molar-refractivity contribution is 5.88. The Balaban J connectivity index is 1.55. The molecule has 2 aliphatic carbocycles. The molecule has 0 radical (unpaired) electrons. The monoisotopic (exact) mass is 327 g/mol. The smallest absolute Gasteiger partial charge is 0.335 e. The summed E-state index contributed by atoms with van der Waals surface area (Å²) in [6, 6.07) is 5.40. The fraction of sp³-hybridized carbons (Fsp3) is 0.600. The number of nitrogens with zero attached hydrogens (tertiary/aromatic N) is 1. The summed E-state index contributed by atoms with van der Waals surface area (Å²) in [5.74, 6) is 0.199. The van der Waals surface area contributed by atoms with Crippen LogP contribution in [-0.2, 0) is 17.6 Å². The molecule has 1 heterocycles. The maximum atomic E-state index is 13.2. The van der Waals surface area contributed by atoms with E-state index in [-0.39, 0.29) is 5.41 Å². The van der Waals surface area contributed by atoms with Gasteiger partial charge in [0.1, 0.15) is 0 Å². The molecule has 1 aromatic rings. The molecule has 1 N–H and O–H groups in total. The van der Waals surface area contributed by atoms with E-state index in [0.717, 1.165) is 56.7 Å². The van der Waals surface area contributed by atoms with Crippen molar-refractivity contribution in [3.8, 4) is 0 Å². The standard InChI is InChI=1S/C20H25NO3/c22-18(23)16-5-6-17-12-20(9-7-15(17)11-16)8-2-10-21(19(20)24)13-14-3-1-4-14/h5-6,11,14H,1-4,7-10,12-13H2,(H,22,23)/t20-/m0/s1. The van der Waals surface area contributed by atoms with E-state index in [4.69, 9.17) is 5.11 Å². The molecule has 1 atom stereocenters. The molecule has 1 amide bonds. The van der Waals surface area contributed by atoms with E-state index in [1.165, 1.54) is 24.8 Å². The van der Waals surface area contributed by atoms with Gasteiger partial charge in [0, 0.05) is 13.1 Å². The van der Waals surface area contributed by atoms with E-state index in [0.29, 0.717) is 11.5 Å². The molecule has 2 fully saturated rings. The Hall–Kier alpha value is -1.84. The maximum Gasteiger partial charge on any atom is 0.335 e. The van der Waals surface area contributed by atoms with Crippen molar-refractivity contribution in [1.82, 2.24) is 4.90 Å². The Morgan fingerprint density at radius 1 is 1.21 bits per heavy atom. The second kappa shape index (κ2) is 5.91. The number of rotatable bonds is 3. The van der Waals surface area contributed by atoms with E-state index in [2.05, 4.69) is 4.90 Å². The number of carboxylic acids is 1. The Morgan fingerprint density at radius 2 is 2.04 bits per heavy atom. The number of likely N-dealkylation sites (tertiary alicyclic amines) is 1. The number of piperidine rings is 1. The van der Waals surface area contributed by atoms with Gasteiger partial charge in [-0.15, -0.1) is 0 Å². The molecular weight excluding hydrogens is 302 g/mol. The highest BCUT2D eigenvalue weighted by Gasteiger charge is 2.46. The van der Waals surface area contributed by atoms with Gasteiger partial charge in [-0.3, -0.25) is 4.79 Å². The fourth-order valence-corrected chi connectivity index (χ4v) is 4.70. The predicted octanol–water partition coefficient (Wildman–Crippen LogP) is 3.28. The first-order valence-corrected chi connectivity index (χ1v) is 9.22. The molecule has 3 aliphatic rings. The molecule has 0 bridgehead atoms. The molecular formula is C20H25NO3. The molecule has 1 aliphatic heterocycles. The van der Waals surface area contributed by atoms with Crippen LogP contribution in [0.2, 0.25) is 0 Å². The molecule has 4 heteroatoms. The Kier molecular flexibility index (Phi) is 3.86. The first-order chi connectivity index (χ1) is 11.6. The molecule has 128 valence electrons. The van der Waals surface area contributed by atoms with Gasteiger partial charge in [-0.05, 0) is 74.1 Å². The lowest BCUT2D eigenvalue weighted by Gasteiger charge is -2.46. The first kappa shape index (κ1) is 15.7. The molecule has 1 saturated heterocycles. The average molecular weight is 327 g/mol. The van der Waals surface area contributed by atoms with Gasteiger partial charge in [-0.1, -0.05) is 12.5 Å². The van der Waals surface area contributed by atoms with Gasteiger partial charge in [0.15, 0.2) is 0 Å². The molecule has 24 heavy (non-hydrogen) atoms. The predicted molar refractivity (Wildman–Crippen MR) is 91.0 cm³/mol. The molecule has 0 aromatic heterocycles. The van der Waals surface area contributed by atoms with Gasteiger partial charge in [-0.25, -0.2) is 4.79 Å². The first-order valence-electron chi connectivity index (χ1n) is 9.22. The summed E-state index contributed by atoms with van der Waals surface area (Å²) >= 11 is 0. The van der Waals surface area contributed by atoms with Crippen LogP contribution in [0.3, 0.4) is 0 Å². The number of carboxylic acid groups (broad SMARTS) is 1. The summed E-state index contributed by atoms with van der Waals surface area (Å²) in [7, 11) is 0. The minimum atomic E-state index is -0.876. The Labute approximate surface area is 142 Å². The number of benzene rings is 1. The highest BCUT2D eigenvalue weighted by atomic mass is 16.4. The minimum Gasteiger partial charge on any atom is -0.478 e. The van der Waals surface area contributed by atoms with Crippen LogP contribution in [0.15, 0.2) is 18.2 Å². The van der Waals surface area contributed by atoms with Crippen LogP contribution in [0, 0.1) is 11.3 Å². The highest BCUT2D eigenvalue weighted by Crippen LogP contribution is 2.44. The van der Waals surface area contributed by atoms with Crippen LogP contribution in [0.4, 0.5) is 0 Å². The molecule has 1 aromatic carbocycles. The minimum absolute atomic E-state index is 0.236. The third-order valence-electron chi connectivity index (χ3n) is 6.38. The third-order valence-corrected chi connectivity index (χ3v) is 6.38. The maximum absolute atomic E-state index is 13.2. The van der Waals surface area contributed by atoms with Crippen molar-refractivity contribution in [1.29, 1.82) is 0 Å². The largest absolute Gasteiger partial charge is 0.478 e. The van der Waals surface area contributed by atoms with Crippen LogP contribution in [0.5, 0.6) is 0 Å². The summed E-state index contributed by atoms with van der Waals surface area (Å²) in [5, 5.41) is 9.16. The number of carbonyl (C=O) groups excluding carboxylic acids is 1. The second-order valence-electron chi connectivity index (χ2n) is 7.90. The molecule has 4 nitrogen and oxygen atoms in total. The zero-order valence-corrected chi connectivity index (χ0v) is 14.1. The van der Waals surface area contributed by atoms with Gasteiger partial charge in [0.2, 0.25) is 5.91 Å². The van der Waals surface area contributed by atoms with Crippen molar-refractivity contribution < 1.29 is 14.7 Å². The lowest BCUT2D eigenvalue weighted by Crippen LogP contribution is -2.52.